The third-order valence-corrected chi connectivity index (χ3v) is 6.13. The normalized spacial score (nSPS) is 10.4. The minimum atomic E-state index is -0.667. The molecule has 206 valence electrons. The molecule has 0 aliphatic rings. The van der Waals surface area contributed by atoms with Crippen LogP contribution in [0.4, 0.5) is 0 Å². The highest BCUT2D eigenvalue weighted by molar-refractivity contribution is 4.74. The molecule has 0 atom stereocenters. The zero-order chi connectivity index (χ0) is 26.1. The Morgan fingerprint density at radius 2 is 0.515 bits per heavy atom. The van der Waals surface area contributed by atoms with Gasteiger partial charge >= 0.3 is 0 Å². The second kappa shape index (κ2) is 39.1. The zero-order valence-electron chi connectivity index (χ0n) is 24.4. The number of aliphatic hydroxyl groups is 3. The largest absolute Gasteiger partial charge is 0.396 e. The summed E-state index contributed by atoms with van der Waals surface area (Å²) in [7, 11) is 0. The molecule has 3 N–H and O–H groups in total. The lowest BCUT2D eigenvalue weighted by Crippen LogP contribution is -2.32. The van der Waals surface area contributed by atoms with Crippen LogP contribution >= 0.6 is 0 Å². The molecule has 0 radical (unpaired) electrons. The molecule has 0 aromatic rings. The maximum absolute atomic E-state index is 8.66. The predicted molar refractivity (Wildman–Crippen MR) is 151 cm³/mol. The second-order valence-electron chi connectivity index (χ2n) is 9.57. The van der Waals surface area contributed by atoms with Crippen molar-refractivity contribution in [2.75, 3.05) is 19.8 Å². The van der Waals surface area contributed by atoms with E-state index >= 15 is 0 Å². The Morgan fingerprint density at radius 1 is 0.333 bits per heavy atom. The predicted octanol–water partition coefficient (Wildman–Crippen LogP) is 9.46. The van der Waals surface area contributed by atoms with Crippen LogP contribution in [0.15, 0.2) is 0 Å². The molecule has 0 aliphatic heterocycles. The fraction of sp³-hybridized carbons (Fsp3) is 1.00. The van der Waals surface area contributed by atoms with Gasteiger partial charge < -0.3 is 15.3 Å². The first kappa shape index (κ1) is 40.1. The number of hydrogen-bond donors (Lipinski definition) is 3. The minimum Gasteiger partial charge on any atom is -0.396 e. The van der Waals surface area contributed by atoms with Crippen molar-refractivity contribution in [2.45, 2.75) is 170 Å². The average Bonchev–Trinajstić information content (AvgIpc) is 2.86. The second-order valence-corrected chi connectivity index (χ2v) is 9.57. The van der Waals surface area contributed by atoms with Gasteiger partial charge in [0.2, 0.25) is 0 Å². The van der Waals surface area contributed by atoms with E-state index in [1.54, 1.807) is 0 Å². The Bertz CT molecular complexity index is 214. The Balaban J connectivity index is -0.000000170. The molecule has 0 fully saturated rings. The Labute approximate surface area is 211 Å². The Hall–Kier alpha value is -0.120. The van der Waals surface area contributed by atoms with E-state index in [0.29, 0.717) is 6.42 Å². The minimum absolute atomic E-state index is 0.156. The summed E-state index contributed by atoms with van der Waals surface area (Å²) in [6.45, 7) is 14.9. The summed E-state index contributed by atoms with van der Waals surface area (Å²) in [5.74, 6) is 0. The first-order valence-corrected chi connectivity index (χ1v) is 14.8. The summed E-state index contributed by atoms with van der Waals surface area (Å²) in [5.41, 5.74) is -0.667. The summed E-state index contributed by atoms with van der Waals surface area (Å²) >= 11 is 0. The monoisotopic (exact) mass is 477 g/mol. The first-order valence-electron chi connectivity index (χ1n) is 14.8. The molecule has 33 heavy (non-hydrogen) atoms. The SMILES string of the molecule is CCC(CO)(CO)CO.CCCCCCCC.CCCCCCCC.CCCCCCCC. The van der Waals surface area contributed by atoms with E-state index in [9.17, 15) is 0 Å². The molecule has 0 aromatic carbocycles. The van der Waals surface area contributed by atoms with Crippen LogP contribution in [0.2, 0.25) is 0 Å². The van der Waals surface area contributed by atoms with Crippen molar-refractivity contribution in [2.24, 2.45) is 5.41 Å². The average molecular weight is 477 g/mol. The molecule has 0 aromatic heterocycles. The van der Waals surface area contributed by atoms with Gasteiger partial charge in [0.1, 0.15) is 0 Å². The van der Waals surface area contributed by atoms with Gasteiger partial charge in [-0.2, -0.15) is 0 Å². The molecular formula is C30H68O3. The number of hydrogen-bond acceptors (Lipinski definition) is 3. The van der Waals surface area contributed by atoms with Gasteiger partial charge in [0, 0.05) is 5.41 Å². The molecule has 0 aliphatic carbocycles. The number of aliphatic hydroxyl groups excluding tert-OH is 3. The van der Waals surface area contributed by atoms with Gasteiger partial charge in [0.05, 0.1) is 19.8 Å². The highest BCUT2D eigenvalue weighted by atomic mass is 16.3. The molecule has 0 bridgehead atoms. The summed E-state index contributed by atoms with van der Waals surface area (Å²) in [5, 5.41) is 26.0. The molecule has 3 heteroatoms. The molecular weight excluding hydrogens is 408 g/mol. The fourth-order valence-electron chi connectivity index (χ4n) is 3.05. The first-order chi connectivity index (χ1) is 16.0. The maximum Gasteiger partial charge on any atom is 0.0531 e. The van der Waals surface area contributed by atoms with E-state index in [1.807, 2.05) is 6.92 Å². The van der Waals surface area contributed by atoms with Crippen molar-refractivity contribution in [3.05, 3.63) is 0 Å². The molecule has 0 spiro atoms. The third-order valence-electron chi connectivity index (χ3n) is 6.13. The quantitative estimate of drug-likeness (QED) is 0.163. The van der Waals surface area contributed by atoms with Crippen molar-refractivity contribution in [3.63, 3.8) is 0 Å². The van der Waals surface area contributed by atoms with Crippen molar-refractivity contribution < 1.29 is 15.3 Å². The van der Waals surface area contributed by atoms with Crippen LogP contribution in [0.25, 0.3) is 0 Å². The van der Waals surface area contributed by atoms with E-state index in [0.717, 1.165) is 0 Å². The lowest BCUT2D eigenvalue weighted by molar-refractivity contribution is 0.00304. The van der Waals surface area contributed by atoms with Crippen LogP contribution in [0.3, 0.4) is 0 Å². The molecule has 0 amide bonds. The molecule has 0 saturated heterocycles. The zero-order valence-corrected chi connectivity index (χ0v) is 24.4. The Morgan fingerprint density at radius 3 is 0.576 bits per heavy atom. The smallest absolute Gasteiger partial charge is 0.0531 e. The van der Waals surface area contributed by atoms with Crippen LogP contribution < -0.4 is 0 Å². The van der Waals surface area contributed by atoms with Crippen molar-refractivity contribution in [3.8, 4) is 0 Å². The van der Waals surface area contributed by atoms with Gasteiger partial charge in [-0.3, -0.25) is 0 Å². The Kier molecular flexibility index (Phi) is 47.5. The van der Waals surface area contributed by atoms with E-state index in [4.69, 9.17) is 15.3 Å². The fourth-order valence-corrected chi connectivity index (χ4v) is 3.05. The number of unbranched alkanes of at least 4 members (excludes halogenated alkanes) is 15. The van der Waals surface area contributed by atoms with Crippen LogP contribution in [0.5, 0.6) is 0 Å². The van der Waals surface area contributed by atoms with Crippen molar-refractivity contribution in [1.82, 2.24) is 0 Å². The topological polar surface area (TPSA) is 60.7 Å². The highest BCUT2D eigenvalue weighted by Gasteiger charge is 2.24. The van der Waals surface area contributed by atoms with E-state index in [1.165, 1.54) is 116 Å². The molecule has 0 saturated carbocycles. The lowest BCUT2D eigenvalue weighted by Gasteiger charge is -2.24. The van der Waals surface area contributed by atoms with Crippen LogP contribution in [-0.4, -0.2) is 35.1 Å². The molecule has 0 unspecified atom stereocenters. The van der Waals surface area contributed by atoms with Crippen molar-refractivity contribution >= 4 is 0 Å². The van der Waals surface area contributed by atoms with Crippen molar-refractivity contribution in [1.29, 1.82) is 0 Å². The lowest BCUT2D eigenvalue weighted by atomic mass is 9.88. The van der Waals surface area contributed by atoms with Gasteiger partial charge in [-0.1, -0.05) is 164 Å². The van der Waals surface area contributed by atoms with Crippen LogP contribution in [0.1, 0.15) is 170 Å². The summed E-state index contributed by atoms with van der Waals surface area (Å²) in [6, 6.07) is 0. The van der Waals surface area contributed by atoms with E-state index in [-0.39, 0.29) is 19.8 Å². The summed E-state index contributed by atoms with van der Waals surface area (Å²) < 4.78 is 0. The third kappa shape index (κ3) is 39.4. The van der Waals surface area contributed by atoms with Gasteiger partial charge in [0.15, 0.2) is 0 Å². The molecule has 0 rings (SSSR count). The van der Waals surface area contributed by atoms with Gasteiger partial charge in [-0.25, -0.2) is 0 Å². The maximum atomic E-state index is 8.66. The van der Waals surface area contributed by atoms with E-state index in [2.05, 4.69) is 41.5 Å². The standard InChI is InChI=1S/3C8H18.C6H14O3/c3*1-3-5-7-8-6-4-2;1-2-6(3-7,4-8)5-9/h3*3-8H2,1-2H3;7-9H,2-5H2,1H3. The summed E-state index contributed by atoms with van der Waals surface area (Å²) in [4.78, 5) is 0. The van der Waals surface area contributed by atoms with Gasteiger partial charge in [-0.05, 0) is 6.42 Å². The molecule has 3 nitrogen and oxygen atoms in total. The van der Waals surface area contributed by atoms with Crippen LogP contribution in [-0.2, 0) is 0 Å². The highest BCUT2D eigenvalue weighted by Crippen LogP contribution is 2.18. The number of rotatable bonds is 19. The van der Waals surface area contributed by atoms with Gasteiger partial charge in [0.25, 0.3) is 0 Å². The van der Waals surface area contributed by atoms with E-state index < -0.39 is 5.41 Å². The molecule has 0 heterocycles. The summed E-state index contributed by atoms with van der Waals surface area (Å²) in [6.07, 6.45) is 26.1. The van der Waals surface area contributed by atoms with Gasteiger partial charge in [-0.15, -0.1) is 0 Å². The van der Waals surface area contributed by atoms with Crippen LogP contribution in [0, 0.1) is 5.41 Å².